The van der Waals surface area contributed by atoms with Crippen molar-refractivity contribution in [2.24, 2.45) is 0 Å². The van der Waals surface area contributed by atoms with E-state index in [-0.39, 0.29) is 46.5 Å². The summed E-state index contributed by atoms with van der Waals surface area (Å²) in [5.41, 5.74) is 4.39. The minimum Gasteiger partial charge on any atom is -0.453 e. The lowest BCUT2D eigenvalue weighted by molar-refractivity contribution is -0.124. The number of carbonyl (C=O) groups excluding carboxylic acids is 2. The Balaban J connectivity index is 1.51. The summed E-state index contributed by atoms with van der Waals surface area (Å²) in [7, 11) is 0. The average molecular weight is 629 g/mol. The molecule has 2 N–H and O–H groups in total. The standard InChI is InChI=1S/C29H28BrClFN5O3/c1-19-3-2-4-22(13-19)29(39)37(12-11-36-9-7-34-8-10-36)35-26(38)16-21-5-6-25(30)28(27(21)32)40-24-15-20(18-33)14-23(31)17-24/h2-6,13-15,17,34H,7-12,16H2,1H3,(H,35,38). The molecule has 1 saturated heterocycles. The van der Waals surface area contributed by atoms with E-state index in [0.29, 0.717) is 16.6 Å². The summed E-state index contributed by atoms with van der Waals surface area (Å²) >= 11 is 9.33. The molecule has 0 bridgehead atoms. The second-order valence-electron chi connectivity index (χ2n) is 9.37. The first-order valence-corrected chi connectivity index (χ1v) is 13.9. The Morgan fingerprint density at radius 2 is 1.98 bits per heavy atom. The van der Waals surface area contributed by atoms with Gasteiger partial charge in [0.05, 0.1) is 29.1 Å². The van der Waals surface area contributed by atoms with E-state index in [1.165, 1.54) is 29.3 Å². The number of hydrogen-bond donors (Lipinski definition) is 2. The van der Waals surface area contributed by atoms with Gasteiger partial charge in [-0.25, -0.2) is 9.40 Å². The van der Waals surface area contributed by atoms with Crippen LogP contribution in [0.3, 0.4) is 0 Å². The van der Waals surface area contributed by atoms with E-state index in [1.807, 2.05) is 19.1 Å². The Kier molecular flexibility index (Phi) is 10.1. The number of hydrazine groups is 1. The van der Waals surface area contributed by atoms with E-state index >= 15 is 4.39 Å². The van der Waals surface area contributed by atoms with Crippen LogP contribution in [0.15, 0.2) is 59.1 Å². The summed E-state index contributed by atoms with van der Waals surface area (Å²) in [5, 5.41) is 14.0. The molecule has 1 aliphatic rings. The molecule has 40 heavy (non-hydrogen) atoms. The molecule has 0 saturated carbocycles. The summed E-state index contributed by atoms with van der Waals surface area (Å²) in [5.74, 6) is -1.62. The number of nitrogens with zero attached hydrogens (tertiary/aromatic N) is 3. The number of halogens is 3. The fourth-order valence-corrected chi connectivity index (χ4v) is 4.90. The highest BCUT2D eigenvalue weighted by molar-refractivity contribution is 9.10. The fourth-order valence-electron chi connectivity index (χ4n) is 4.29. The third kappa shape index (κ3) is 7.79. The molecule has 4 rings (SSSR count). The number of ether oxygens (including phenoxy) is 1. The van der Waals surface area contributed by atoms with Crippen molar-refractivity contribution in [3.8, 4) is 17.6 Å². The number of hydrogen-bond acceptors (Lipinski definition) is 6. The van der Waals surface area contributed by atoms with Crippen LogP contribution in [0.5, 0.6) is 11.5 Å². The molecule has 208 valence electrons. The summed E-state index contributed by atoms with van der Waals surface area (Å²) in [4.78, 5) is 28.7. The van der Waals surface area contributed by atoms with E-state index in [1.54, 1.807) is 24.3 Å². The molecule has 0 unspecified atom stereocenters. The zero-order valence-corrected chi connectivity index (χ0v) is 24.2. The topological polar surface area (TPSA) is 97.7 Å². The Bertz CT molecular complexity index is 1440. The van der Waals surface area contributed by atoms with Crippen molar-refractivity contribution in [1.82, 2.24) is 20.7 Å². The number of benzene rings is 3. The van der Waals surface area contributed by atoms with Crippen molar-refractivity contribution < 1.29 is 18.7 Å². The van der Waals surface area contributed by atoms with Crippen LogP contribution in [0.25, 0.3) is 0 Å². The SMILES string of the molecule is Cc1cccc(C(=O)N(CCN2CCNCC2)NC(=O)Cc2ccc(Br)c(Oc3cc(Cl)cc(C#N)c3)c2F)c1. The normalized spacial score (nSPS) is 13.4. The van der Waals surface area contributed by atoms with Gasteiger partial charge in [-0.1, -0.05) is 35.4 Å². The Morgan fingerprint density at radius 3 is 2.70 bits per heavy atom. The van der Waals surface area contributed by atoms with Gasteiger partial charge in [0.15, 0.2) is 11.6 Å². The molecule has 0 radical (unpaired) electrons. The van der Waals surface area contributed by atoms with Gasteiger partial charge in [0.1, 0.15) is 5.75 Å². The van der Waals surface area contributed by atoms with Crippen LogP contribution in [0.2, 0.25) is 5.02 Å². The molecule has 2 amide bonds. The van der Waals surface area contributed by atoms with Gasteiger partial charge >= 0.3 is 0 Å². The van der Waals surface area contributed by atoms with Gasteiger partial charge in [-0.3, -0.25) is 19.9 Å². The predicted octanol–water partition coefficient (Wildman–Crippen LogP) is 4.84. The monoisotopic (exact) mass is 627 g/mol. The minimum atomic E-state index is -0.750. The Labute approximate surface area is 245 Å². The molecule has 0 atom stereocenters. The minimum absolute atomic E-state index is 0.0725. The highest BCUT2D eigenvalue weighted by Crippen LogP contribution is 2.35. The van der Waals surface area contributed by atoms with E-state index < -0.39 is 11.7 Å². The van der Waals surface area contributed by atoms with Gasteiger partial charge in [-0.2, -0.15) is 5.26 Å². The van der Waals surface area contributed by atoms with Crippen LogP contribution in [0.1, 0.15) is 27.0 Å². The maximum atomic E-state index is 15.5. The maximum Gasteiger partial charge on any atom is 0.272 e. The van der Waals surface area contributed by atoms with Gasteiger partial charge in [0.2, 0.25) is 5.91 Å². The van der Waals surface area contributed by atoms with Crippen LogP contribution >= 0.6 is 27.5 Å². The van der Waals surface area contributed by atoms with E-state index in [9.17, 15) is 14.9 Å². The van der Waals surface area contributed by atoms with Crippen molar-refractivity contribution in [1.29, 1.82) is 5.26 Å². The lowest BCUT2D eigenvalue weighted by atomic mass is 10.1. The molecule has 1 heterocycles. The lowest BCUT2D eigenvalue weighted by Crippen LogP contribution is -2.52. The van der Waals surface area contributed by atoms with Crippen LogP contribution in [-0.4, -0.2) is 61.0 Å². The van der Waals surface area contributed by atoms with Gasteiger partial charge in [0, 0.05) is 48.9 Å². The summed E-state index contributed by atoms with van der Waals surface area (Å²) in [6, 6.07) is 16.5. The van der Waals surface area contributed by atoms with Crippen molar-refractivity contribution >= 4 is 39.3 Å². The molecule has 0 spiro atoms. The first kappa shape index (κ1) is 29.5. The van der Waals surface area contributed by atoms with Crippen molar-refractivity contribution in [3.63, 3.8) is 0 Å². The van der Waals surface area contributed by atoms with Crippen molar-refractivity contribution in [3.05, 3.63) is 92.2 Å². The smallest absolute Gasteiger partial charge is 0.272 e. The lowest BCUT2D eigenvalue weighted by Gasteiger charge is -2.30. The van der Waals surface area contributed by atoms with Crippen LogP contribution in [-0.2, 0) is 11.2 Å². The van der Waals surface area contributed by atoms with E-state index in [0.717, 1.165) is 31.7 Å². The largest absolute Gasteiger partial charge is 0.453 e. The van der Waals surface area contributed by atoms with Crippen LogP contribution in [0, 0.1) is 24.1 Å². The molecular formula is C29H28BrClFN5O3. The third-order valence-electron chi connectivity index (χ3n) is 6.32. The maximum absolute atomic E-state index is 15.5. The Morgan fingerprint density at radius 1 is 1.20 bits per heavy atom. The molecule has 0 aliphatic carbocycles. The van der Waals surface area contributed by atoms with Gasteiger partial charge in [0.25, 0.3) is 5.91 Å². The van der Waals surface area contributed by atoms with Crippen LogP contribution in [0.4, 0.5) is 4.39 Å². The second kappa shape index (κ2) is 13.7. The highest BCUT2D eigenvalue weighted by atomic mass is 79.9. The Hall–Kier alpha value is -3.49. The predicted molar refractivity (Wildman–Crippen MR) is 154 cm³/mol. The first-order valence-electron chi connectivity index (χ1n) is 12.7. The molecule has 11 heteroatoms. The van der Waals surface area contributed by atoms with Crippen molar-refractivity contribution in [2.75, 3.05) is 39.3 Å². The number of rotatable bonds is 8. The quantitative estimate of drug-likeness (QED) is 0.347. The third-order valence-corrected chi connectivity index (χ3v) is 7.16. The van der Waals surface area contributed by atoms with E-state index in [4.69, 9.17) is 16.3 Å². The molecule has 3 aromatic carbocycles. The highest BCUT2D eigenvalue weighted by Gasteiger charge is 2.22. The molecule has 1 fully saturated rings. The zero-order valence-electron chi connectivity index (χ0n) is 21.8. The summed E-state index contributed by atoms with van der Waals surface area (Å²) < 4.78 is 21.6. The number of carbonyl (C=O) groups is 2. The number of aryl methyl sites for hydroxylation is 1. The van der Waals surface area contributed by atoms with Crippen molar-refractivity contribution in [2.45, 2.75) is 13.3 Å². The second-order valence-corrected chi connectivity index (χ2v) is 10.7. The fraction of sp³-hybridized carbons (Fsp3) is 0.276. The number of nitrogens with one attached hydrogen (secondary N) is 2. The molecule has 1 aliphatic heterocycles. The van der Waals surface area contributed by atoms with Gasteiger partial charge < -0.3 is 10.1 Å². The van der Waals surface area contributed by atoms with Crippen LogP contribution < -0.4 is 15.5 Å². The molecule has 0 aromatic heterocycles. The average Bonchev–Trinajstić information content (AvgIpc) is 2.94. The number of nitriles is 1. The molecule has 8 nitrogen and oxygen atoms in total. The van der Waals surface area contributed by atoms with E-state index in [2.05, 4.69) is 31.6 Å². The number of piperazine rings is 1. The summed E-state index contributed by atoms with van der Waals surface area (Å²) in [6.07, 6.45) is -0.334. The first-order chi connectivity index (χ1) is 19.2. The summed E-state index contributed by atoms with van der Waals surface area (Å²) in [6.45, 7) is 6.14. The van der Waals surface area contributed by atoms with Gasteiger partial charge in [-0.15, -0.1) is 0 Å². The molecule has 3 aromatic rings. The number of amides is 2. The molecular weight excluding hydrogens is 601 g/mol. The van der Waals surface area contributed by atoms with Gasteiger partial charge in [-0.05, 0) is 59.3 Å². The zero-order chi connectivity index (χ0) is 28.6.